The minimum absolute atomic E-state index is 0.0955. The molecule has 7 nitrogen and oxygen atoms in total. The first-order valence-electron chi connectivity index (χ1n) is 7.09. The molecule has 0 fully saturated rings. The number of ether oxygens (including phenoxy) is 2. The van der Waals surface area contributed by atoms with E-state index in [4.69, 9.17) is 9.84 Å². The number of hydrogen-bond acceptors (Lipinski definition) is 6. The van der Waals surface area contributed by atoms with Gasteiger partial charge in [-0.05, 0) is 18.2 Å². The van der Waals surface area contributed by atoms with Crippen LogP contribution in [-0.4, -0.2) is 29.0 Å². The highest BCUT2D eigenvalue weighted by Gasteiger charge is 2.28. The number of rotatable bonds is 1. The predicted octanol–water partition coefficient (Wildman–Crippen LogP) is 2.28. The molecule has 0 saturated heterocycles. The van der Waals surface area contributed by atoms with Crippen LogP contribution in [0.5, 0.6) is 0 Å². The van der Waals surface area contributed by atoms with Crippen molar-refractivity contribution in [3.63, 3.8) is 0 Å². The van der Waals surface area contributed by atoms with Crippen molar-refractivity contribution < 1.29 is 33.8 Å². The Balaban J connectivity index is 0.000000150. The number of carbonyl (C=O) groups is 4. The Bertz CT molecular complexity index is 907. The normalized spacial score (nSPS) is 15.7. The largest absolute Gasteiger partial charge is 0.478 e. The summed E-state index contributed by atoms with van der Waals surface area (Å²) in [5, 5.41) is 8.52. The number of hydrogen-bond donors (Lipinski definition) is 1. The maximum absolute atomic E-state index is 11.2. The van der Waals surface area contributed by atoms with Gasteiger partial charge < -0.3 is 14.6 Å². The second-order valence-electron chi connectivity index (χ2n) is 5.00. The zero-order chi connectivity index (χ0) is 18.0. The van der Waals surface area contributed by atoms with Crippen LogP contribution >= 0.6 is 0 Å². The van der Waals surface area contributed by atoms with Crippen molar-refractivity contribution >= 4 is 29.6 Å². The summed E-state index contributed by atoms with van der Waals surface area (Å²) in [6.45, 7) is 0. The van der Waals surface area contributed by atoms with Gasteiger partial charge in [0.25, 0.3) is 0 Å². The van der Waals surface area contributed by atoms with E-state index in [1.54, 1.807) is 48.5 Å². The van der Waals surface area contributed by atoms with Crippen molar-refractivity contribution in [1.29, 1.82) is 0 Å². The molecule has 0 radical (unpaired) electrons. The van der Waals surface area contributed by atoms with Crippen molar-refractivity contribution in [1.82, 2.24) is 0 Å². The van der Waals surface area contributed by atoms with Crippen molar-refractivity contribution in [2.75, 3.05) is 0 Å². The molecule has 2 aliphatic rings. The molecular weight excluding hydrogens is 328 g/mol. The highest BCUT2D eigenvalue weighted by molar-refractivity contribution is 6.14. The molecule has 7 heteroatoms. The van der Waals surface area contributed by atoms with Gasteiger partial charge >= 0.3 is 23.9 Å². The third-order valence-corrected chi connectivity index (χ3v) is 3.42. The van der Waals surface area contributed by atoms with Gasteiger partial charge in [-0.15, -0.1) is 0 Å². The monoisotopic (exact) mass is 338 g/mol. The second kappa shape index (κ2) is 6.40. The Labute approximate surface area is 141 Å². The van der Waals surface area contributed by atoms with E-state index in [1.165, 1.54) is 0 Å². The van der Waals surface area contributed by atoms with Crippen LogP contribution in [0.4, 0.5) is 0 Å². The maximum Gasteiger partial charge on any atom is 0.346 e. The zero-order valence-electron chi connectivity index (χ0n) is 12.6. The Morgan fingerprint density at radius 3 is 1.60 bits per heavy atom. The molecule has 0 bridgehead atoms. The Morgan fingerprint density at radius 1 is 0.720 bits per heavy atom. The average Bonchev–Trinajstić information content (AvgIpc) is 3.06. The lowest BCUT2D eigenvalue weighted by Gasteiger charge is -1.94. The summed E-state index contributed by atoms with van der Waals surface area (Å²) >= 11 is 0. The van der Waals surface area contributed by atoms with Crippen LogP contribution in [-0.2, 0) is 14.3 Å². The molecule has 1 N–H and O–H groups in total. The topological polar surface area (TPSA) is 107 Å². The number of carboxylic acid groups (broad SMARTS) is 1. The number of carbonyl (C=O) groups excluding carboxylic acids is 3. The summed E-state index contributed by atoms with van der Waals surface area (Å²) in [5.74, 6) is -2.65. The Hall–Kier alpha value is -3.74. The first-order valence-corrected chi connectivity index (χ1v) is 7.09. The molecular formula is C18H10O7. The lowest BCUT2D eigenvalue weighted by Crippen LogP contribution is -1.96. The number of benzene rings is 2. The van der Waals surface area contributed by atoms with Crippen LogP contribution in [0.15, 0.2) is 54.6 Å². The zero-order valence-corrected chi connectivity index (χ0v) is 12.6. The number of esters is 3. The first-order chi connectivity index (χ1) is 12.0. The van der Waals surface area contributed by atoms with Crippen LogP contribution < -0.4 is 0 Å². The predicted molar refractivity (Wildman–Crippen MR) is 83.7 cm³/mol. The quantitative estimate of drug-likeness (QED) is 0.483. The number of carboxylic acids is 1. The molecule has 2 aromatic rings. The van der Waals surface area contributed by atoms with Gasteiger partial charge in [-0.1, -0.05) is 30.3 Å². The third-order valence-electron chi connectivity index (χ3n) is 3.42. The maximum atomic E-state index is 11.2. The Morgan fingerprint density at radius 2 is 1.12 bits per heavy atom. The molecule has 4 rings (SSSR count). The van der Waals surface area contributed by atoms with Crippen molar-refractivity contribution in [2.45, 2.75) is 0 Å². The molecule has 0 aliphatic carbocycles. The minimum Gasteiger partial charge on any atom is -0.478 e. The van der Waals surface area contributed by atoms with Crippen LogP contribution in [0.2, 0.25) is 0 Å². The highest BCUT2D eigenvalue weighted by Crippen LogP contribution is 2.28. The average molecular weight is 338 g/mol. The van der Waals surface area contributed by atoms with Crippen LogP contribution in [0, 0.1) is 0 Å². The number of fused-ring (bicyclic) bond motifs is 2. The SMILES string of the molecule is O=C(O)/C=C1\OC(=O)c2ccccc21.O=C1OC(=O)c2ccccc21. The van der Waals surface area contributed by atoms with Crippen molar-refractivity contribution in [3.8, 4) is 0 Å². The summed E-state index contributed by atoms with van der Waals surface area (Å²) in [5.41, 5.74) is 1.65. The van der Waals surface area contributed by atoms with Gasteiger partial charge in [0.1, 0.15) is 5.76 Å². The van der Waals surface area contributed by atoms with Gasteiger partial charge in [-0.3, -0.25) is 0 Å². The van der Waals surface area contributed by atoms with E-state index in [2.05, 4.69) is 4.74 Å². The van der Waals surface area contributed by atoms with Gasteiger partial charge in [0.2, 0.25) is 0 Å². The fraction of sp³-hybridized carbons (Fsp3) is 0. The van der Waals surface area contributed by atoms with Crippen LogP contribution in [0.25, 0.3) is 5.76 Å². The van der Waals surface area contributed by atoms with E-state index in [1.807, 2.05) is 0 Å². The second-order valence-corrected chi connectivity index (χ2v) is 5.00. The third kappa shape index (κ3) is 3.16. The van der Waals surface area contributed by atoms with E-state index in [9.17, 15) is 19.2 Å². The van der Waals surface area contributed by atoms with Gasteiger partial charge in [-0.2, -0.15) is 0 Å². The van der Waals surface area contributed by atoms with Gasteiger partial charge in [0.05, 0.1) is 22.8 Å². The van der Waals surface area contributed by atoms with Crippen molar-refractivity contribution in [3.05, 3.63) is 76.9 Å². The lowest BCUT2D eigenvalue weighted by molar-refractivity contribution is -0.131. The van der Waals surface area contributed by atoms with E-state index < -0.39 is 23.9 Å². The molecule has 0 aromatic heterocycles. The number of aliphatic carboxylic acids is 1. The molecule has 0 saturated carbocycles. The molecule has 2 aliphatic heterocycles. The van der Waals surface area contributed by atoms with Crippen molar-refractivity contribution in [2.24, 2.45) is 0 Å². The molecule has 124 valence electrons. The summed E-state index contributed by atoms with van der Waals surface area (Å²) in [4.78, 5) is 43.3. The first kappa shape index (κ1) is 16.1. The molecule has 2 heterocycles. The van der Waals surface area contributed by atoms with Crippen LogP contribution in [0.3, 0.4) is 0 Å². The highest BCUT2D eigenvalue weighted by atomic mass is 16.6. The van der Waals surface area contributed by atoms with Gasteiger partial charge in [0.15, 0.2) is 0 Å². The smallest absolute Gasteiger partial charge is 0.346 e. The molecule has 2 aromatic carbocycles. The molecule has 0 atom stereocenters. The standard InChI is InChI=1S/C10H6O4.C8H4O3/c11-9(12)5-8-6-3-1-2-4-7(6)10(13)14-8;9-7-5-3-1-2-4-6(5)8(10)11-7/h1-5H,(H,11,12);1-4H/b8-5-;. The summed E-state index contributed by atoms with van der Waals surface area (Å²) in [6, 6.07) is 13.2. The Kier molecular flexibility index (Phi) is 4.13. The van der Waals surface area contributed by atoms with E-state index in [0.717, 1.165) is 6.08 Å². The molecule has 0 spiro atoms. The summed E-state index contributed by atoms with van der Waals surface area (Å²) < 4.78 is 9.14. The fourth-order valence-electron chi connectivity index (χ4n) is 2.34. The van der Waals surface area contributed by atoms with E-state index >= 15 is 0 Å². The molecule has 25 heavy (non-hydrogen) atoms. The lowest BCUT2D eigenvalue weighted by atomic mass is 10.1. The van der Waals surface area contributed by atoms with Gasteiger partial charge in [0, 0.05) is 5.56 Å². The minimum atomic E-state index is -1.13. The number of cyclic esters (lactones) is 3. The van der Waals surface area contributed by atoms with E-state index in [0.29, 0.717) is 22.3 Å². The molecule has 0 unspecified atom stereocenters. The fourth-order valence-corrected chi connectivity index (χ4v) is 2.34. The summed E-state index contributed by atoms with van der Waals surface area (Å²) in [6.07, 6.45) is 0.879. The van der Waals surface area contributed by atoms with E-state index in [-0.39, 0.29) is 5.76 Å². The summed E-state index contributed by atoms with van der Waals surface area (Å²) in [7, 11) is 0. The van der Waals surface area contributed by atoms with Crippen LogP contribution in [0.1, 0.15) is 36.6 Å². The van der Waals surface area contributed by atoms with Gasteiger partial charge in [-0.25, -0.2) is 19.2 Å². The molecule has 0 amide bonds.